The lowest BCUT2D eigenvalue weighted by atomic mass is 10.0. The van der Waals surface area contributed by atoms with Crippen LogP contribution in [0.5, 0.6) is 0 Å². The summed E-state index contributed by atoms with van der Waals surface area (Å²) in [6.07, 6.45) is 12.5. The second-order valence-electron chi connectivity index (χ2n) is 3.47. The van der Waals surface area contributed by atoms with Crippen LogP contribution in [0.3, 0.4) is 0 Å². The number of allylic oxidation sites excluding steroid dienone is 2. The fourth-order valence-corrected chi connectivity index (χ4v) is 1.58. The molecule has 0 aliphatic heterocycles. The zero-order valence-electron chi connectivity index (χ0n) is 8.09. The van der Waals surface area contributed by atoms with Gasteiger partial charge in [0.15, 0.2) is 0 Å². The predicted molar refractivity (Wildman–Crippen MR) is 52.3 cm³/mol. The van der Waals surface area contributed by atoms with Crippen LogP contribution in [0, 0.1) is 0 Å². The average molecular weight is 168 g/mol. The Morgan fingerprint density at radius 3 is 2.92 bits per heavy atom. The fourth-order valence-electron chi connectivity index (χ4n) is 1.58. The van der Waals surface area contributed by atoms with E-state index in [9.17, 15) is 0 Å². The summed E-state index contributed by atoms with van der Waals surface area (Å²) in [6, 6.07) is 0. The molecule has 0 fully saturated rings. The van der Waals surface area contributed by atoms with Gasteiger partial charge in [0.2, 0.25) is 0 Å². The maximum Gasteiger partial charge on any atom is 0.0578 e. The number of hydrogen-bond donors (Lipinski definition) is 0. The molecule has 0 bridgehead atoms. The third-order valence-electron chi connectivity index (χ3n) is 2.28. The molecular formula is C11H20O. The van der Waals surface area contributed by atoms with Gasteiger partial charge in [0.25, 0.3) is 0 Å². The van der Waals surface area contributed by atoms with Crippen LogP contribution in [0.15, 0.2) is 12.2 Å². The predicted octanol–water partition coefficient (Wildman–Crippen LogP) is 3.30. The standard InChI is InChI=1S/C11H20O/c1-2-10-12-11-8-6-4-3-5-7-9-11/h3-4,11H,2,5-10H2,1H3. The van der Waals surface area contributed by atoms with Crippen molar-refractivity contribution >= 4 is 0 Å². The van der Waals surface area contributed by atoms with Gasteiger partial charge in [-0.1, -0.05) is 19.1 Å². The maximum absolute atomic E-state index is 5.73. The van der Waals surface area contributed by atoms with E-state index in [1.807, 2.05) is 0 Å². The van der Waals surface area contributed by atoms with Gasteiger partial charge in [-0.15, -0.1) is 0 Å². The molecule has 1 nitrogen and oxygen atoms in total. The van der Waals surface area contributed by atoms with Crippen molar-refractivity contribution in [3.8, 4) is 0 Å². The van der Waals surface area contributed by atoms with Crippen LogP contribution in [0.25, 0.3) is 0 Å². The second-order valence-corrected chi connectivity index (χ2v) is 3.47. The van der Waals surface area contributed by atoms with E-state index in [1.54, 1.807) is 0 Å². The van der Waals surface area contributed by atoms with Crippen molar-refractivity contribution in [2.45, 2.75) is 51.6 Å². The molecule has 0 saturated heterocycles. The van der Waals surface area contributed by atoms with Gasteiger partial charge in [-0.2, -0.15) is 0 Å². The van der Waals surface area contributed by atoms with Crippen molar-refractivity contribution in [2.24, 2.45) is 0 Å². The van der Waals surface area contributed by atoms with Gasteiger partial charge in [-0.3, -0.25) is 0 Å². The lowest BCUT2D eigenvalue weighted by Gasteiger charge is -2.17. The molecule has 70 valence electrons. The summed E-state index contributed by atoms with van der Waals surface area (Å²) >= 11 is 0. The third-order valence-corrected chi connectivity index (χ3v) is 2.28. The van der Waals surface area contributed by atoms with Crippen molar-refractivity contribution in [2.75, 3.05) is 6.61 Å². The Hall–Kier alpha value is -0.300. The van der Waals surface area contributed by atoms with Gasteiger partial charge in [0, 0.05) is 6.61 Å². The summed E-state index contributed by atoms with van der Waals surface area (Å²) < 4.78 is 5.73. The topological polar surface area (TPSA) is 9.23 Å². The SMILES string of the molecule is CCCOC1CCC=CCCC1. The van der Waals surface area contributed by atoms with Crippen molar-refractivity contribution in [1.29, 1.82) is 0 Å². The Bertz CT molecular complexity index is 129. The number of rotatable bonds is 3. The van der Waals surface area contributed by atoms with Crippen LogP contribution >= 0.6 is 0 Å². The lowest BCUT2D eigenvalue weighted by Crippen LogP contribution is -2.13. The molecule has 0 aromatic heterocycles. The number of hydrogen-bond acceptors (Lipinski definition) is 1. The summed E-state index contributed by atoms with van der Waals surface area (Å²) in [5.74, 6) is 0. The van der Waals surface area contributed by atoms with E-state index >= 15 is 0 Å². The molecule has 0 saturated carbocycles. The first-order valence-electron chi connectivity index (χ1n) is 5.20. The summed E-state index contributed by atoms with van der Waals surface area (Å²) in [5.41, 5.74) is 0. The highest BCUT2D eigenvalue weighted by Gasteiger charge is 2.08. The normalized spacial score (nSPS) is 24.9. The zero-order valence-corrected chi connectivity index (χ0v) is 8.09. The van der Waals surface area contributed by atoms with Crippen LogP contribution in [-0.2, 0) is 4.74 Å². The Balaban J connectivity index is 2.18. The van der Waals surface area contributed by atoms with E-state index < -0.39 is 0 Å². The second kappa shape index (κ2) is 6.24. The van der Waals surface area contributed by atoms with E-state index in [1.165, 1.54) is 32.1 Å². The fraction of sp³-hybridized carbons (Fsp3) is 0.818. The van der Waals surface area contributed by atoms with E-state index in [4.69, 9.17) is 4.74 Å². The molecule has 1 atom stereocenters. The Kier molecular flexibility index (Phi) is 5.09. The van der Waals surface area contributed by atoms with E-state index in [0.717, 1.165) is 13.0 Å². The minimum atomic E-state index is 0.537. The lowest BCUT2D eigenvalue weighted by molar-refractivity contribution is 0.0409. The maximum atomic E-state index is 5.73. The van der Waals surface area contributed by atoms with Gasteiger partial charge in [-0.25, -0.2) is 0 Å². The molecule has 1 aliphatic rings. The van der Waals surface area contributed by atoms with Crippen molar-refractivity contribution in [3.05, 3.63) is 12.2 Å². The van der Waals surface area contributed by atoms with Crippen molar-refractivity contribution in [1.82, 2.24) is 0 Å². The minimum Gasteiger partial charge on any atom is -0.378 e. The van der Waals surface area contributed by atoms with E-state index in [-0.39, 0.29) is 0 Å². The van der Waals surface area contributed by atoms with Gasteiger partial charge >= 0.3 is 0 Å². The zero-order chi connectivity index (χ0) is 8.65. The van der Waals surface area contributed by atoms with E-state index in [2.05, 4.69) is 19.1 Å². The molecule has 0 heterocycles. The van der Waals surface area contributed by atoms with Crippen LogP contribution in [0.2, 0.25) is 0 Å². The van der Waals surface area contributed by atoms with Gasteiger partial charge in [-0.05, 0) is 38.5 Å². The molecule has 1 unspecified atom stereocenters. The van der Waals surface area contributed by atoms with Crippen LogP contribution in [0.1, 0.15) is 45.4 Å². The third kappa shape index (κ3) is 3.91. The van der Waals surface area contributed by atoms with Crippen LogP contribution < -0.4 is 0 Å². The number of ether oxygens (including phenoxy) is 1. The van der Waals surface area contributed by atoms with Gasteiger partial charge in [0.05, 0.1) is 6.10 Å². The highest BCUT2D eigenvalue weighted by atomic mass is 16.5. The summed E-state index contributed by atoms with van der Waals surface area (Å²) in [5, 5.41) is 0. The molecule has 0 radical (unpaired) electrons. The Morgan fingerprint density at radius 2 is 2.08 bits per heavy atom. The highest BCUT2D eigenvalue weighted by molar-refractivity contribution is 4.85. The summed E-state index contributed by atoms with van der Waals surface area (Å²) in [6.45, 7) is 3.11. The molecule has 0 aromatic carbocycles. The average Bonchev–Trinajstić information content (AvgIpc) is 2.02. The van der Waals surface area contributed by atoms with Crippen LogP contribution in [0.4, 0.5) is 0 Å². The van der Waals surface area contributed by atoms with Gasteiger partial charge < -0.3 is 4.74 Å². The molecule has 1 aliphatic carbocycles. The summed E-state index contributed by atoms with van der Waals surface area (Å²) in [7, 11) is 0. The Morgan fingerprint density at radius 1 is 1.25 bits per heavy atom. The first kappa shape index (κ1) is 9.79. The van der Waals surface area contributed by atoms with Crippen molar-refractivity contribution in [3.63, 3.8) is 0 Å². The molecule has 0 aromatic rings. The van der Waals surface area contributed by atoms with Crippen LogP contribution in [-0.4, -0.2) is 12.7 Å². The first-order chi connectivity index (χ1) is 5.93. The van der Waals surface area contributed by atoms with Crippen molar-refractivity contribution < 1.29 is 4.74 Å². The molecular weight excluding hydrogens is 148 g/mol. The monoisotopic (exact) mass is 168 g/mol. The molecule has 1 heteroatoms. The Labute approximate surface area is 75.8 Å². The quantitative estimate of drug-likeness (QED) is 0.587. The molecule has 0 amide bonds. The summed E-state index contributed by atoms with van der Waals surface area (Å²) in [4.78, 5) is 0. The largest absolute Gasteiger partial charge is 0.378 e. The minimum absolute atomic E-state index is 0.537. The molecule has 0 spiro atoms. The molecule has 1 rings (SSSR count). The van der Waals surface area contributed by atoms with E-state index in [0.29, 0.717) is 6.10 Å². The first-order valence-corrected chi connectivity index (χ1v) is 5.20. The molecule has 12 heavy (non-hydrogen) atoms. The molecule has 0 N–H and O–H groups in total. The van der Waals surface area contributed by atoms with Gasteiger partial charge in [0.1, 0.15) is 0 Å². The highest BCUT2D eigenvalue weighted by Crippen LogP contribution is 2.15. The smallest absolute Gasteiger partial charge is 0.0578 e.